The van der Waals surface area contributed by atoms with E-state index in [9.17, 15) is 4.79 Å². The Labute approximate surface area is 140 Å². The number of nitrogen functional groups attached to an aromatic ring is 1. The monoisotopic (exact) mass is 414 g/mol. The molecule has 0 bridgehead atoms. The molecular formula is C14H16Br2N4O. The molecule has 2 aromatic heterocycles. The number of hydrogen-bond acceptors (Lipinski definition) is 4. The number of aromatic nitrogens is 2. The van der Waals surface area contributed by atoms with Crippen LogP contribution < -0.4 is 11.1 Å². The molecule has 0 spiro atoms. The number of hydrogen-bond donors (Lipinski definition) is 2. The highest BCUT2D eigenvalue weighted by Crippen LogP contribution is 2.18. The molecule has 0 aliphatic carbocycles. The van der Waals surface area contributed by atoms with Crippen LogP contribution in [0.5, 0.6) is 0 Å². The molecule has 0 aromatic carbocycles. The molecule has 2 aromatic rings. The van der Waals surface area contributed by atoms with E-state index in [2.05, 4.69) is 47.1 Å². The third-order valence-corrected chi connectivity index (χ3v) is 3.59. The highest BCUT2D eigenvalue weighted by atomic mass is 79.9. The molecule has 0 aliphatic heterocycles. The lowest BCUT2D eigenvalue weighted by molar-refractivity contribution is -0.116. The largest absolute Gasteiger partial charge is 0.383 e. The number of amides is 1. The van der Waals surface area contributed by atoms with E-state index in [-0.39, 0.29) is 5.91 Å². The number of carbonyl (C=O) groups excluding carboxylic acids is 1. The smallest absolute Gasteiger partial charge is 0.225 e. The van der Waals surface area contributed by atoms with E-state index >= 15 is 0 Å². The lowest BCUT2D eigenvalue weighted by Crippen LogP contribution is -2.11. The van der Waals surface area contributed by atoms with Crippen molar-refractivity contribution in [2.24, 2.45) is 0 Å². The molecule has 112 valence electrons. The summed E-state index contributed by atoms with van der Waals surface area (Å²) in [5.41, 5.74) is 5.36. The van der Waals surface area contributed by atoms with Gasteiger partial charge in [0.2, 0.25) is 5.91 Å². The molecule has 0 atom stereocenters. The van der Waals surface area contributed by atoms with Gasteiger partial charge in [-0.3, -0.25) is 4.79 Å². The Hall–Kier alpha value is -1.47. The quantitative estimate of drug-likeness (QED) is 0.793. The zero-order valence-corrected chi connectivity index (χ0v) is 14.7. The molecule has 2 heterocycles. The van der Waals surface area contributed by atoms with Gasteiger partial charge in [-0.2, -0.15) is 0 Å². The zero-order chi connectivity index (χ0) is 15.7. The van der Waals surface area contributed by atoms with E-state index in [4.69, 9.17) is 5.73 Å². The van der Waals surface area contributed by atoms with Crippen molar-refractivity contribution in [2.75, 3.05) is 11.1 Å². The fourth-order valence-corrected chi connectivity index (χ4v) is 1.91. The molecule has 0 saturated carbocycles. The van der Waals surface area contributed by atoms with Gasteiger partial charge >= 0.3 is 0 Å². The molecule has 3 N–H and O–H groups in total. The van der Waals surface area contributed by atoms with Crippen LogP contribution in [0.4, 0.5) is 11.6 Å². The predicted molar refractivity (Wildman–Crippen MR) is 91.8 cm³/mol. The molecule has 0 unspecified atom stereocenters. The van der Waals surface area contributed by atoms with E-state index in [0.717, 1.165) is 15.4 Å². The molecule has 0 fully saturated rings. The van der Waals surface area contributed by atoms with Crippen molar-refractivity contribution >= 4 is 49.4 Å². The highest BCUT2D eigenvalue weighted by Gasteiger charge is 2.03. The van der Waals surface area contributed by atoms with Crippen LogP contribution in [0.3, 0.4) is 0 Å². The van der Waals surface area contributed by atoms with Gasteiger partial charge < -0.3 is 11.1 Å². The molecular weight excluding hydrogens is 400 g/mol. The number of nitrogens with zero attached hydrogens (tertiary/aromatic N) is 2. The Morgan fingerprint density at radius 2 is 1.81 bits per heavy atom. The van der Waals surface area contributed by atoms with Crippen LogP contribution in [0.15, 0.2) is 45.6 Å². The summed E-state index contributed by atoms with van der Waals surface area (Å²) in [6.07, 6.45) is 4.67. The fraction of sp³-hybridized carbons (Fsp3) is 0.214. The first-order valence-electron chi connectivity index (χ1n) is 6.31. The second kappa shape index (κ2) is 9.46. The lowest BCUT2D eigenvalue weighted by Gasteiger charge is -2.04. The Morgan fingerprint density at radius 3 is 2.29 bits per heavy atom. The normalized spacial score (nSPS) is 9.48. The third kappa shape index (κ3) is 6.68. The van der Waals surface area contributed by atoms with Crippen molar-refractivity contribution in [3.63, 3.8) is 0 Å². The van der Waals surface area contributed by atoms with Crippen molar-refractivity contribution in [3.8, 4) is 0 Å². The van der Waals surface area contributed by atoms with Crippen LogP contribution >= 0.6 is 31.9 Å². The van der Waals surface area contributed by atoms with E-state index in [1.807, 2.05) is 25.1 Å². The number of anilines is 2. The van der Waals surface area contributed by atoms with Crippen LogP contribution in [0, 0.1) is 0 Å². The van der Waals surface area contributed by atoms with Gasteiger partial charge in [-0.05, 0) is 62.5 Å². The Bertz CT molecular complexity index is 572. The predicted octanol–water partition coefficient (Wildman–Crippen LogP) is 4.01. The van der Waals surface area contributed by atoms with Crippen molar-refractivity contribution in [2.45, 2.75) is 19.8 Å². The SMILES string of the molecule is CCCC(=O)Nc1ncccc1Br.Nc1ncccc1Br. The fourth-order valence-electron chi connectivity index (χ4n) is 1.30. The molecule has 0 radical (unpaired) electrons. The average molecular weight is 416 g/mol. The van der Waals surface area contributed by atoms with Gasteiger partial charge in [-0.15, -0.1) is 0 Å². The summed E-state index contributed by atoms with van der Waals surface area (Å²) in [5, 5.41) is 2.71. The van der Waals surface area contributed by atoms with Gasteiger partial charge in [0, 0.05) is 18.8 Å². The minimum Gasteiger partial charge on any atom is -0.383 e. The second-order valence-electron chi connectivity index (χ2n) is 4.00. The maximum Gasteiger partial charge on any atom is 0.225 e. The highest BCUT2D eigenvalue weighted by molar-refractivity contribution is 9.11. The molecule has 7 heteroatoms. The molecule has 21 heavy (non-hydrogen) atoms. The summed E-state index contributed by atoms with van der Waals surface area (Å²) < 4.78 is 1.65. The number of rotatable bonds is 3. The Kier molecular flexibility index (Phi) is 7.92. The Morgan fingerprint density at radius 1 is 1.19 bits per heavy atom. The van der Waals surface area contributed by atoms with Crippen molar-refractivity contribution < 1.29 is 4.79 Å². The topological polar surface area (TPSA) is 80.9 Å². The van der Waals surface area contributed by atoms with E-state index in [0.29, 0.717) is 18.1 Å². The van der Waals surface area contributed by atoms with Crippen molar-refractivity contribution in [1.82, 2.24) is 9.97 Å². The number of carbonyl (C=O) groups is 1. The molecule has 1 amide bonds. The van der Waals surface area contributed by atoms with Crippen LogP contribution in [0.25, 0.3) is 0 Å². The van der Waals surface area contributed by atoms with Gasteiger partial charge in [0.15, 0.2) is 0 Å². The first-order valence-corrected chi connectivity index (χ1v) is 7.89. The minimum absolute atomic E-state index is 0.00176. The molecule has 5 nitrogen and oxygen atoms in total. The van der Waals surface area contributed by atoms with Gasteiger partial charge in [-0.25, -0.2) is 9.97 Å². The summed E-state index contributed by atoms with van der Waals surface area (Å²) in [5.74, 6) is 1.12. The molecule has 0 saturated heterocycles. The van der Waals surface area contributed by atoms with E-state index < -0.39 is 0 Å². The maximum atomic E-state index is 11.2. The molecule has 2 rings (SSSR count). The summed E-state index contributed by atoms with van der Waals surface area (Å²) in [7, 11) is 0. The standard InChI is InChI=1S/C9H11BrN2O.C5H5BrN2/c1-2-4-8(13)12-9-7(10)5-3-6-11-9;6-4-2-1-3-8-5(4)7/h3,5-6H,2,4H2,1H3,(H,11,12,13);1-3H,(H2,7,8). The van der Waals surface area contributed by atoms with Crippen LogP contribution in [0.2, 0.25) is 0 Å². The van der Waals surface area contributed by atoms with Crippen LogP contribution in [0.1, 0.15) is 19.8 Å². The summed E-state index contributed by atoms with van der Waals surface area (Å²) >= 11 is 6.51. The third-order valence-electron chi connectivity index (χ3n) is 2.28. The first kappa shape index (κ1) is 17.6. The first-order chi connectivity index (χ1) is 10.0. The lowest BCUT2D eigenvalue weighted by atomic mass is 10.3. The van der Waals surface area contributed by atoms with Gasteiger partial charge in [0.1, 0.15) is 11.6 Å². The van der Waals surface area contributed by atoms with Crippen LogP contribution in [-0.2, 0) is 4.79 Å². The van der Waals surface area contributed by atoms with Crippen molar-refractivity contribution in [1.29, 1.82) is 0 Å². The minimum atomic E-state index is 0.00176. The van der Waals surface area contributed by atoms with Gasteiger partial charge in [0.05, 0.1) is 8.95 Å². The average Bonchev–Trinajstić information content (AvgIpc) is 2.46. The number of nitrogens with two attached hydrogens (primary N) is 1. The van der Waals surface area contributed by atoms with Gasteiger partial charge in [-0.1, -0.05) is 6.92 Å². The number of halogens is 2. The zero-order valence-electron chi connectivity index (χ0n) is 11.5. The summed E-state index contributed by atoms with van der Waals surface area (Å²) in [4.78, 5) is 19.0. The number of nitrogens with one attached hydrogen (secondary N) is 1. The Balaban J connectivity index is 0.000000235. The number of pyridine rings is 2. The summed E-state index contributed by atoms with van der Waals surface area (Å²) in [6, 6.07) is 7.32. The van der Waals surface area contributed by atoms with Crippen molar-refractivity contribution in [3.05, 3.63) is 45.6 Å². The molecule has 0 aliphatic rings. The summed E-state index contributed by atoms with van der Waals surface area (Å²) in [6.45, 7) is 1.97. The van der Waals surface area contributed by atoms with E-state index in [1.54, 1.807) is 18.5 Å². The van der Waals surface area contributed by atoms with E-state index in [1.165, 1.54) is 0 Å². The second-order valence-corrected chi connectivity index (χ2v) is 5.71. The van der Waals surface area contributed by atoms with Crippen LogP contribution in [-0.4, -0.2) is 15.9 Å². The maximum absolute atomic E-state index is 11.2. The van der Waals surface area contributed by atoms with Gasteiger partial charge in [0.25, 0.3) is 0 Å².